The summed E-state index contributed by atoms with van der Waals surface area (Å²) in [6.45, 7) is 0. The molecule has 0 aliphatic carbocycles. The van der Waals surface area contributed by atoms with Gasteiger partial charge in [0.15, 0.2) is 0 Å². The van der Waals surface area contributed by atoms with Crippen molar-refractivity contribution in [3.8, 4) is 11.9 Å². The van der Waals surface area contributed by atoms with Gasteiger partial charge in [0.25, 0.3) is 0 Å². The normalized spacial score (nSPS) is 10.5. The van der Waals surface area contributed by atoms with Crippen LogP contribution in [0.1, 0.15) is 18.4 Å². The second-order valence-electron chi connectivity index (χ2n) is 3.92. The Morgan fingerprint density at radius 1 is 1.37 bits per heavy atom. The second kappa shape index (κ2) is 5.82. The third kappa shape index (κ3) is 3.42. The number of aromatic nitrogens is 1. The monoisotopic (exact) mass is 264 g/mol. The summed E-state index contributed by atoms with van der Waals surface area (Å²) in [4.78, 5) is 25.6. The van der Waals surface area contributed by atoms with Gasteiger partial charge in [-0.05, 0) is 5.56 Å². The van der Waals surface area contributed by atoms with Crippen molar-refractivity contribution in [1.29, 1.82) is 5.26 Å². The van der Waals surface area contributed by atoms with Crippen LogP contribution in [0.25, 0.3) is 0 Å². The lowest BCUT2D eigenvalue weighted by Crippen LogP contribution is -2.31. The summed E-state index contributed by atoms with van der Waals surface area (Å²) in [5.74, 6) is -2.21. The summed E-state index contributed by atoms with van der Waals surface area (Å²) >= 11 is 0. The van der Waals surface area contributed by atoms with Crippen molar-refractivity contribution in [3.05, 3.63) is 23.9 Å². The molecule has 0 spiro atoms. The average Bonchev–Trinajstić information content (AvgIpc) is 2.36. The molecular weight excluding hydrogens is 252 g/mol. The lowest BCUT2D eigenvalue weighted by atomic mass is 9.77. The third-order valence-electron chi connectivity index (χ3n) is 2.62. The van der Waals surface area contributed by atoms with Crippen molar-refractivity contribution in [2.75, 3.05) is 7.11 Å². The highest BCUT2D eigenvalue weighted by Gasteiger charge is 2.38. The van der Waals surface area contributed by atoms with E-state index < -0.39 is 30.2 Å². The maximum Gasteiger partial charge on any atom is 0.305 e. The van der Waals surface area contributed by atoms with Crippen LogP contribution in [-0.4, -0.2) is 34.2 Å². The van der Waals surface area contributed by atoms with Crippen LogP contribution in [0.4, 0.5) is 0 Å². The van der Waals surface area contributed by atoms with Gasteiger partial charge in [0.05, 0.1) is 26.0 Å². The van der Waals surface area contributed by atoms with Crippen molar-refractivity contribution in [2.24, 2.45) is 0 Å². The van der Waals surface area contributed by atoms with Crippen molar-refractivity contribution >= 4 is 11.9 Å². The summed E-state index contributed by atoms with van der Waals surface area (Å²) < 4.78 is 4.85. The van der Waals surface area contributed by atoms with E-state index in [1.54, 1.807) is 6.07 Å². The van der Waals surface area contributed by atoms with Crippen LogP contribution in [0.15, 0.2) is 18.3 Å². The summed E-state index contributed by atoms with van der Waals surface area (Å²) in [7, 11) is 1.41. The molecule has 0 unspecified atom stereocenters. The standard InChI is InChI=1S/C12H12N2O5/c1-19-9-3-2-8(6-14-9)12(7-13,4-10(15)16)5-11(17)18/h2-3,6H,4-5H2,1H3,(H,15,16)(H,17,18). The van der Waals surface area contributed by atoms with E-state index in [1.165, 1.54) is 25.4 Å². The number of nitrogens with zero attached hydrogens (tertiary/aromatic N) is 2. The Labute approximate surface area is 109 Å². The van der Waals surface area contributed by atoms with E-state index in [1.807, 2.05) is 0 Å². The Bertz CT molecular complexity index is 502. The molecule has 0 aromatic carbocycles. The van der Waals surface area contributed by atoms with E-state index in [-0.39, 0.29) is 5.56 Å². The van der Waals surface area contributed by atoms with Crippen LogP contribution >= 0.6 is 0 Å². The van der Waals surface area contributed by atoms with Gasteiger partial charge in [0.2, 0.25) is 5.88 Å². The first-order chi connectivity index (χ1) is 8.93. The van der Waals surface area contributed by atoms with E-state index in [4.69, 9.17) is 14.9 Å². The average molecular weight is 264 g/mol. The number of methoxy groups -OCH3 is 1. The first-order valence-corrected chi connectivity index (χ1v) is 5.29. The van der Waals surface area contributed by atoms with Crippen LogP contribution < -0.4 is 4.74 Å². The summed E-state index contributed by atoms with van der Waals surface area (Å²) in [5, 5.41) is 27.0. The quantitative estimate of drug-likeness (QED) is 0.779. The maximum atomic E-state index is 10.9. The SMILES string of the molecule is COc1ccc(C(C#N)(CC(=O)O)CC(=O)O)cn1. The minimum atomic E-state index is -1.64. The van der Waals surface area contributed by atoms with Crippen molar-refractivity contribution in [3.63, 3.8) is 0 Å². The van der Waals surface area contributed by atoms with E-state index in [0.29, 0.717) is 5.88 Å². The molecule has 1 rings (SSSR count). The highest BCUT2D eigenvalue weighted by Crippen LogP contribution is 2.31. The van der Waals surface area contributed by atoms with Crippen molar-refractivity contribution in [1.82, 2.24) is 4.98 Å². The Balaban J connectivity index is 3.23. The van der Waals surface area contributed by atoms with E-state index in [9.17, 15) is 14.9 Å². The number of hydrogen-bond acceptors (Lipinski definition) is 5. The van der Waals surface area contributed by atoms with Gasteiger partial charge in [0.1, 0.15) is 5.41 Å². The van der Waals surface area contributed by atoms with Gasteiger partial charge in [-0.3, -0.25) is 9.59 Å². The molecule has 100 valence electrons. The third-order valence-corrected chi connectivity index (χ3v) is 2.62. The number of ether oxygens (including phenoxy) is 1. The van der Waals surface area contributed by atoms with Crippen LogP contribution in [-0.2, 0) is 15.0 Å². The zero-order valence-electron chi connectivity index (χ0n) is 10.2. The molecule has 0 aliphatic rings. The van der Waals surface area contributed by atoms with Gasteiger partial charge in [-0.15, -0.1) is 0 Å². The number of carbonyl (C=O) groups is 2. The molecule has 0 saturated heterocycles. The number of pyridine rings is 1. The predicted molar refractivity (Wildman–Crippen MR) is 62.6 cm³/mol. The molecule has 0 radical (unpaired) electrons. The van der Waals surface area contributed by atoms with E-state index in [2.05, 4.69) is 4.98 Å². The van der Waals surface area contributed by atoms with Gasteiger partial charge in [0, 0.05) is 12.3 Å². The van der Waals surface area contributed by atoms with Crippen molar-refractivity contribution in [2.45, 2.75) is 18.3 Å². The summed E-state index contributed by atoms with van der Waals surface area (Å²) in [6.07, 6.45) is 0.0432. The fourth-order valence-corrected chi connectivity index (χ4v) is 1.71. The summed E-state index contributed by atoms with van der Waals surface area (Å²) in [6, 6.07) is 4.68. The molecule has 0 atom stereocenters. The molecule has 0 fully saturated rings. The number of carboxylic acids is 2. The molecule has 7 nitrogen and oxygen atoms in total. The fraction of sp³-hybridized carbons (Fsp3) is 0.333. The van der Waals surface area contributed by atoms with Crippen molar-refractivity contribution < 1.29 is 24.5 Å². The molecule has 2 N–H and O–H groups in total. The minimum Gasteiger partial charge on any atom is -0.481 e. The van der Waals surface area contributed by atoms with E-state index in [0.717, 1.165) is 0 Å². The highest BCUT2D eigenvalue weighted by atomic mass is 16.5. The molecule has 0 amide bonds. The molecule has 0 aliphatic heterocycles. The summed E-state index contributed by atoms with van der Waals surface area (Å²) in [5.41, 5.74) is -1.41. The Kier molecular flexibility index (Phi) is 4.42. The number of aliphatic carboxylic acids is 2. The number of nitriles is 1. The zero-order chi connectivity index (χ0) is 14.5. The largest absolute Gasteiger partial charge is 0.481 e. The van der Waals surface area contributed by atoms with E-state index >= 15 is 0 Å². The highest BCUT2D eigenvalue weighted by molar-refractivity contribution is 5.75. The number of carboxylic acid groups (broad SMARTS) is 2. The molecule has 19 heavy (non-hydrogen) atoms. The smallest absolute Gasteiger partial charge is 0.305 e. The zero-order valence-corrected chi connectivity index (χ0v) is 10.2. The molecular formula is C12H12N2O5. The second-order valence-corrected chi connectivity index (χ2v) is 3.92. The molecule has 1 heterocycles. The lowest BCUT2D eigenvalue weighted by molar-refractivity contribution is -0.140. The molecule has 0 saturated carbocycles. The molecule has 0 bridgehead atoms. The number of hydrogen-bond donors (Lipinski definition) is 2. The first kappa shape index (κ1) is 14.4. The minimum absolute atomic E-state index is 0.237. The topological polar surface area (TPSA) is 121 Å². The molecule has 7 heteroatoms. The molecule has 1 aromatic rings. The van der Waals surface area contributed by atoms with Gasteiger partial charge in [-0.2, -0.15) is 5.26 Å². The fourth-order valence-electron chi connectivity index (χ4n) is 1.71. The van der Waals surface area contributed by atoms with Gasteiger partial charge in [-0.25, -0.2) is 4.98 Å². The maximum absolute atomic E-state index is 10.9. The van der Waals surface area contributed by atoms with Crippen LogP contribution in [0.3, 0.4) is 0 Å². The molecule has 1 aromatic heterocycles. The Morgan fingerprint density at radius 2 is 1.95 bits per heavy atom. The van der Waals surface area contributed by atoms with Gasteiger partial charge in [-0.1, -0.05) is 6.07 Å². The first-order valence-electron chi connectivity index (χ1n) is 5.29. The predicted octanol–water partition coefficient (Wildman–Crippen LogP) is 0.801. The lowest BCUT2D eigenvalue weighted by Gasteiger charge is -2.23. The Hall–Kier alpha value is -2.62. The van der Waals surface area contributed by atoms with Crippen LogP contribution in [0.2, 0.25) is 0 Å². The van der Waals surface area contributed by atoms with Crippen LogP contribution in [0, 0.1) is 11.3 Å². The number of rotatable bonds is 6. The van der Waals surface area contributed by atoms with Gasteiger partial charge >= 0.3 is 11.9 Å². The van der Waals surface area contributed by atoms with Crippen LogP contribution in [0.5, 0.6) is 5.88 Å². The van der Waals surface area contributed by atoms with Gasteiger partial charge < -0.3 is 14.9 Å². The Morgan fingerprint density at radius 3 is 2.26 bits per heavy atom.